The van der Waals surface area contributed by atoms with Gasteiger partial charge in [-0.15, -0.1) is 0 Å². The number of β-amino-alcohol motifs (C(OH)–C–C–N with tert-alkyl or cyclic N) is 1. The monoisotopic (exact) mass is 1580 g/mol. The number of carboxylic acids is 3. The second-order valence-electron chi connectivity index (χ2n) is 43.4. The topological polar surface area (TPSA) is 262 Å². The molecule has 0 aromatic rings. The molecule has 0 radical (unpaired) electrons. The Morgan fingerprint density at radius 2 is 0.739 bits per heavy atom. The van der Waals surface area contributed by atoms with Crippen LogP contribution in [0.3, 0.4) is 0 Å². The average molecular weight is 1580 g/mol. The fourth-order valence-corrected chi connectivity index (χ4v) is 14.5. The van der Waals surface area contributed by atoms with Crippen molar-refractivity contribution in [3.8, 4) is 0 Å². The first-order valence-corrected chi connectivity index (χ1v) is 44.0. The number of carboxylic acid groups (broad SMARTS) is 3. The van der Waals surface area contributed by atoms with E-state index in [1.54, 1.807) is 6.92 Å². The van der Waals surface area contributed by atoms with Gasteiger partial charge in [0.15, 0.2) is 0 Å². The van der Waals surface area contributed by atoms with E-state index < -0.39 is 36.0 Å². The van der Waals surface area contributed by atoms with E-state index in [-0.39, 0.29) is 64.4 Å². The molecule has 111 heavy (non-hydrogen) atoms. The van der Waals surface area contributed by atoms with Gasteiger partial charge in [-0.25, -0.2) is 0 Å². The van der Waals surface area contributed by atoms with Crippen LogP contribution in [0.1, 0.15) is 328 Å². The second-order valence-corrected chi connectivity index (χ2v) is 43.4. The highest BCUT2D eigenvalue weighted by Crippen LogP contribution is 2.31. The van der Waals surface area contributed by atoms with E-state index in [0.29, 0.717) is 58.1 Å². The van der Waals surface area contributed by atoms with E-state index in [0.717, 1.165) is 188 Å². The molecule has 654 valence electrons. The zero-order valence-corrected chi connectivity index (χ0v) is 76.5. The normalized spacial score (nSPS) is 24.1. The van der Waals surface area contributed by atoms with Crippen molar-refractivity contribution in [2.45, 2.75) is 358 Å². The lowest BCUT2D eigenvalue weighted by molar-refractivity contribution is -0.161. The molecule has 6 unspecified atom stereocenters. The number of piperidine rings is 5. The van der Waals surface area contributed by atoms with E-state index in [2.05, 4.69) is 181 Å². The molecule has 0 bridgehead atoms. The third-order valence-electron chi connectivity index (χ3n) is 22.5. The number of carbonyl (C=O) groups is 6. The number of hydrogen-bond donors (Lipinski definition) is 7. The first kappa shape index (κ1) is 106. The highest BCUT2D eigenvalue weighted by Gasteiger charge is 2.36. The van der Waals surface area contributed by atoms with Gasteiger partial charge in [-0.3, -0.25) is 28.8 Å². The molecule has 2 saturated carbocycles. The van der Waals surface area contributed by atoms with Gasteiger partial charge in [0.05, 0.1) is 54.3 Å². The molecule has 7 fully saturated rings. The quantitative estimate of drug-likeness (QED) is 0.0469. The molecule has 8 atom stereocenters. The number of likely N-dealkylation sites (tertiary alicyclic amines) is 5. The zero-order valence-electron chi connectivity index (χ0n) is 76.5. The summed E-state index contributed by atoms with van der Waals surface area (Å²) in [5, 5.41) is 53.2. The minimum Gasteiger partial charge on any atom is -0.481 e. The van der Waals surface area contributed by atoms with E-state index in [4.69, 9.17) is 24.8 Å². The number of ketones is 1. The Labute approximate surface area is 680 Å². The van der Waals surface area contributed by atoms with Gasteiger partial charge in [-0.05, 0) is 293 Å². The van der Waals surface area contributed by atoms with Crippen LogP contribution in [-0.4, -0.2) is 233 Å². The maximum absolute atomic E-state index is 12.0. The first-order valence-electron chi connectivity index (χ1n) is 44.0. The number of hydrogen-bond acceptors (Lipinski definition) is 17. The van der Waals surface area contributed by atoms with E-state index >= 15 is 0 Å². The van der Waals surface area contributed by atoms with Crippen LogP contribution in [0.5, 0.6) is 0 Å². The van der Waals surface area contributed by atoms with E-state index in [1.165, 1.54) is 58.2 Å². The third kappa shape index (κ3) is 54.3. The molecule has 5 saturated heterocycles. The van der Waals surface area contributed by atoms with Crippen molar-refractivity contribution in [3.63, 3.8) is 0 Å². The van der Waals surface area contributed by atoms with Crippen molar-refractivity contribution in [1.82, 2.24) is 35.1 Å². The largest absolute Gasteiger partial charge is 0.481 e. The smallest absolute Gasteiger partial charge is 0.309 e. The number of aliphatic hydroxyl groups is 2. The van der Waals surface area contributed by atoms with Crippen molar-refractivity contribution < 1.29 is 63.8 Å². The summed E-state index contributed by atoms with van der Waals surface area (Å²) in [6.07, 6.45) is 23.2. The van der Waals surface area contributed by atoms with Gasteiger partial charge in [-0.2, -0.15) is 0 Å². The lowest BCUT2D eigenvalue weighted by Gasteiger charge is -2.36. The zero-order chi connectivity index (χ0) is 84.9. The van der Waals surface area contributed by atoms with Crippen molar-refractivity contribution >= 4 is 35.6 Å². The molecule has 5 heterocycles. The molecular weight excluding hydrogens is 1400 g/mol. The molecule has 0 aromatic heterocycles. The number of aliphatic hydroxyl groups excluding tert-OH is 2. The van der Waals surface area contributed by atoms with Crippen LogP contribution < -0.4 is 10.6 Å². The summed E-state index contributed by atoms with van der Waals surface area (Å²) in [6.45, 7) is 74.2. The minimum atomic E-state index is -0.872. The van der Waals surface area contributed by atoms with Gasteiger partial charge in [0.2, 0.25) is 0 Å². The summed E-state index contributed by atoms with van der Waals surface area (Å²) >= 11 is 0. The average Bonchev–Trinajstić information content (AvgIpc) is 1.63. The molecule has 0 aromatic carbocycles. The molecule has 7 N–H and O–H groups in total. The van der Waals surface area contributed by atoms with E-state index in [9.17, 15) is 39.0 Å². The van der Waals surface area contributed by atoms with Crippen LogP contribution >= 0.6 is 0 Å². The molecule has 20 nitrogen and oxygen atoms in total. The number of ether oxygens (including phenoxy) is 2. The molecule has 7 aliphatic rings. The van der Waals surface area contributed by atoms with Gasteiger partial charge in [0.25, 0.3) is 0 Å². The summed E-state index contributed by atoms with van der Waals surface area (Å²) in [6, 6.07) is 0.613. The molecule has 7 rings (SSSR count). The third-order valence-corrected chi connectivity index (χ3v) is 22.5. The molecule has 5 aliphatic heterocycles. The number of nitrogens with one attached hydrogen (secondary N) is 2. The minimum absolute atomic E-state index is 0.00275. The summed E-state index contributed by atoms with van der Waals surface area (Å²) < 4.78 is 10.5. The Bertz CT molecular complexity index is 2550. The number of esters is 2. The second kappa shape index (κ2) is 51.1. The van der Waals surface area contributed by atoms with Crippen LogP contribution in [0.4, 0.5) is 0 Å². The summed E-state index contributed by atoms with van der Waals surface area (Å²) in [5.41, 5.74) is 2.24. The number of rotatable bonds is 23. The predicted molar refractivity (Wildman–Crippen MR) is 457 cm³/mol. The van der Waals surface area contributed by atoms with Crippen LogP contribution in [-0.2, 0) is 38.2 Å². The lowest BCUT2D eigenvalue weighted by atomic mass is 9.84. The van der Waals surface area contributed by atoms with Crippen molar-refractivity contribution in [1.29, 1.82) is 0 Å². The Morgan fingerprint density at radius 3 is 1.12 bits per heavy atom. The highest BCUT2D eigenvalue weighted by molar-refractivity contribution is 5.79. The Hall–Kier alpha value is -3.34. The number of nitrogens with zero attached hydrogens (tertiary/aromatic N) is 5. The Balaban J connectivity index is 0.000000649. The number of carbonyl (C=O) groups excluding carboxylic acids is 3. The van der Waals surface area contributed by atoms with Crippen LogP contribution in [0.25, 0.3) is 0 Å². The summed E-state index contributed by atoms with van der Waals surface area (Å²) in [5.74, 6) is -2.82. The SMILES string of the molecule is CC(=O)C1CN(CCC(C)(C)C)CCC1O.CC(C)(C)CCN1CCC(C(=O)O)C(O)C1.CC(C)(C)CCN1CCC(C(=O)OC(C)(C)C)CC1.CC(C)(C)CCN1CCCCC1.CC(C)(C)CCNC1CCCCC1C(=O)O.CC(C)(C)CCN[C@@H]1CC[C@H](C(=O)O)C1.CCOC(=O)C1CCN(CCC(C)(C)C)CC1. The number of Topliss-reactive ketones (excluding diaryl/α,β-unsaturated/α-hetero) is 1. The molecule has 0 spiro atoms. The summed E-state index contributed by atoms with van der Waals surface area (Å²) in [4.78, 5) is 79.6. The molecule has 20 heteroatoms. The van der Waals surface area contributed by atoms with Crippen molar-refractivity contribution in [2.24, 2.45) is 73.4 Å². The van der Waals surface area contributed by atoms with Gasteiger partial charge in [0.1, 0.15) is 11.4 Å². The fraction of sp³-hybridized carbons (Fsp3) is 0.934. The number of aliphatic carboxylic acids is 3. The standard InChI is InChI=1S/C16H31NO2.C14H27NO2.2C13H25NO2.C12H23NO3.C12H23NO2.C11H23N/c1-15(2,3)9-12-17-10-7-13(8-11-17)14(18)19-16(4,5)6;1-5-17-13(16)12-6-9-15(10-7-12)11-8-14(2,3)4;1-10(15)11-9-14(7-5-12(11)16)8-6-13(2,3)4;1-13(2,3)8-9-14-11-7-5-4-6-10(11)12(15)16;1-12(2,3)5-7-13-6-4-9(11(15)16)10(14)8-13;1-12(2,3)6-7-13-10-5-4-9(8-10)11(14)15;1-11(2,3)7-10-12-8-5-4-6-9-12/h13H,7-12H2,1-6H3;12H,5-11H2,1-4H3;11-12,16H,5-9H2,1-4H3;10-11,14H,4-9H2,1-3H3,(H,15,16);9-10,14H,4-8H2,1-3H3,(H,15,16);9-10,13H,4-8H2,1-3H3,(H,14,15);4-10H2,1-3H3/t;;;;;9-,10+;/m.....0./s1. The molecule has 2 aliphatic carbocycles. The Morgan fingerprint density at radius 1 is 0.360 bits per heavy atom. The van der Waals surface area contributed by atoms with Gasteiger partial charge < -0.3 is 70.1 Å². The first-order chi connectivity index (χ1) is 50.9. The van der Waals surface area contributed by atoms with Crippen molar-refractivity contribution in [3.05, 3.63) is 0 Å². The molecular formula is C91H177N7O13. The molecule has 0 amide bonds. The Kier molecular flexibility index (Phi) is 48.6. The maximum atomic E-state index is 12.0. The van der Waals surface area contributed by atoms with Gasteiger partial charge >= 0.3 is 29.8 Å². The van der Waals surface area contributed by atoms with Crippen molar-refractivity contribution in [2.75, 3.05) is 118 Å². The van der Waals surface area contributed by atoms with Crippen LogP contribution in [0.15, 0.2) is 0 Å². The van der Waals surface area contributed by atoms with E-state index in [1.807, 2.05) is 27.7 Å². The van der Waals surface area contributed by atoms with Gasteiger partial charge in [-0.1, -0.05) is 165 Å². The predicted octanol–water partition coefficient (Wildman–Crippen LogP) is 16.9. The van der Waals surface area contributed by atoms with Gasteiger partial charge in [0, 0.05) is 31.7 Å². The lowest BCUT2D eigenvalue weighted by Crippen LogP contribution is -2.47. The summed E-state index contributed by atoms with van der Waals surface area (Å²) in [7, 11) is 0. The van der Waals surface area contributed by atoms with Crippen LogP contribution in [0, 0.1) is 73.4 Å². The highest BCUT2D eigenvalue weighted by atomic mass is 16.6. The fourth-order valence-electron chi connectivity index (χ4n) is 14.5. The maximum Gasteiger partial charge on any atom is 0.309 e. The van der Waals surface area contributed by atoms with Crippen LogP contribution in [0.2, 0.25) is 0 Å².